The number of phenols is 1. The minimum atomic E-state index is -1.06. The first-order chi connectivity index (χ1) is 19.4. The van der Waals surface area contributed by atoms with Crippen LogP contribution in [-0.4, -0.2) is 43.2 Å². The van der Waals surface area contributed by atoms with Gasteiger partial charge in [0.05, 0.1) is 5.56 Å². The lowest BCUT2D eigenvalue weighted by Crippen LogP contribution is -2.48. The Morgan fingerprint density at radius 1 is 1.02 bits per heavy atom. The molecule has 0 spiro atoms. The molecule has 1 unspecified atom stereocenters. The Labute approximate surface area is 235 Å². The van der Waals surface area contributed by atoms with Gasteiger partial charge in [-0.2, -0.15) is 4.80 Å². The number of benzene rings is 3. The van der Waals surface area contributed by atoms with Crippen LogP contribution < -0.4 is 10.2 Å². The summed E-state index contributed by atoms with van der Waals surface area (Å²) in [5.41, 5.74) is 1.10. The number of aromatic hydroxyl groups is 1. The maximum atomic E-state index is 14.3. The second-order valence-electron chi connectivity index (χ2n) is 9.70. The van der Waals surface area contributed by atoms with E-state index in [0.717, 1.165) is 36.9 Å². The number of rotatable bonds is 8. The molecule has 40 heavy (non-hydrogen) atoms. The number of nitrogens with one attached hydrogen (secondary N) is 1. The highest BCUT2D eigenvalue weighted by atomic mass is 35.5. The average molecular weight is 563 g/mol. The van der Waals surface area contributed by atoms with Crippen molar-refractivity contribution in [2.24, 2.45) is 0 Å². The van der Waals surface area contributed by atoms with Crippen LogP contribution in [0.3, 0.4) is 0 Å². The molecule has 3 aromatic carbocycles. The van der Waals surface area contributed by atoms with Crippen LogP contribution in [0.15, 0.2) is 72.8 Å². The Hall–Kier alpha value is -4.31. The number of halogens is 2. The highest BCUT2D eigenvalue weighted by Crippen LogP contribution is 2.31. The van der Waals surface area contributed by atoms with Crippen LogP contribution in [0.2, 0.25) is 5.02 Å². The minimum Gasteiger partial charge on any atom is -0.508 e. The van der Waals surface area contributed by atoms with Crippen molar-refractivity contribution in [3.05, 3.63) is 89.2 Å². The molecule has 0 aliphatic heterocycles. The van der Waals surface area contributed by atoms with Gasteiger partial charge in [-0.25, -0.2) is 4.39 Å². The fourth-order valence-electron chi connectivity index (χ4n) is 4.90. The molecular weight excluding hydrogens is 535 g/mol. The zero-order chi connectivity index (χ0) is 28.1. The van der Waals surface area contributed by atoms with Gasteiger partial charge >= 0.3 is 0 Å². The first-order valence-electron chi connectivity index (χ1n) is 13.1. The molecule has 1 aliphatic rings. The number of anilines is 1. The molecule has 11 heteroatoms. The molecule has 0 saturated heterocycles. The lowest BCUT2D eigenvalue weighted by Gasteiger charge is -2.33. The molecule has 1 fully saturated rings. The normalized spacial score (nSPS) is 14.4. The molecule has 206 valence electrons. The van der Waals surface area contributed by atoms with Crippen molar-refractivity contribution in [3.63, 3.8) is 0 Å². The smallest absolute Gasteiger partial charge is 0.251 e. The van der Waals surface area contributed by atoms with Crippen LogP contribution in [0.25, 0.3) is 11.4 Å². The van der Waals surface area contributed by atoms with E-state index >= 15 is 0 Å². The van der Waals surface area contributed by atoms with Gasteiger partial charge in [0.25, 0.3) is 5.91 Å². The predicted molar refractivity (Wildman–Crippen MR) is 148 cm³/mol. The van der Waals surface area contributed by atoms with Gasteiger partial charge in [-0.05, 0) is 72.1 Å². The number of tetrazole rings is 1. The number of amides is 2. The quantitative estimate of drug-likeness (QED) is 0.310. The van der Waals surface area contributed by atoms with Crippen LogP contribution in [0.4, 0.5) is 10.1 Å². The van der Waals surface area contributed by atoms with Gasteiger partial charge in [-0.1, -0.05) is 55.1 Å². The number of aromatic nitrogens is 4. The standard InChI is InChI=1S/C29H28ClFN6O3/c30-20-12-14-22(15-13-20)37(26(39)18-36-34-28(33-35-36)24-8-4-5-9-25(24)31)27(19-10-16-23(38)17-11-19)29(40)32-21-6-2-1-3-7-21/h4-5,8-17,21,27,38H,1-3,6-7,18H2,(H,32,40). The van der Waals surface area contributed by atoms with Crippen molar-refractivity contribution in [2.75, 3.05) is 4.90 Å². The van der Waals surface area contributed by atoms with E-state index in [9.17, 15) is 19.1 Å². The maximum absolute atomic E-state index is 14.3. The molecule has 2 N–H and O–H groups in total. The summed E-state index contributed by atoms with van der Waals surface area (Å²) in [4.78, 5) is 30.3. The molecule has 1 atom stereocenters. The third-order valence-electron chi connectivity index (χ3n) is 6.88. The third-order valence-corrected chi connectivity index (χ3v) is 7.14. The van der Waals surface area contributed by atoms with Crippen molar-refractivity contribution in [1.29, 1.82) is 0 Å². The second kappa shape index (κ2) is 12.3. The van der Waals surface area contributed by atoms with Gasteiger partial charge in [0.15, 0.2) is 0 Å². The SMILES string of the molecule is O=C(NC1CCCCC1)C(c1ccc(O)cc1)N(C(=O)Cn1nnc(-c2ccccc2F)n1)c1ccc(Cl)cc1. The van der Waals surface area contributed by atoms with Gasteiger partial charge in [0.1, 0.15) is 24.2 Å². The third kappa shape index (κ3) is 6.28. The number of nitrogens with zero attached hydrogens (tertiary/aromatic N) is 5. The molecule has 0 bridgehead atoms. The van der Waals surface area contributed by atoms with Crippen molar-refractivity contribution in [1.82, 2.24) is 25.5 Å². The lowest BCUT2D eigenvalue weighted by molar-refractivity contribution is -0.127. The monoisotopic (exact) mass is 562 g/mol. The molecular formula is C29H28ClFN6O3. The summed E-state index contributed by atoms with van der Waals surface area (Å²) in [5, 5.41) is 25.6. The lowest BCUT2D eigenvalue weighted by atomic mass is 9.94. The second-order valence-corrected chi connectivity index (χ2v) is 10.1. The Morgan fingerprint density at radius 3 is 2.42 bits per heavy atom. The van der Waals surface area contributed by atoms with Gasteiger partial charge in [-0.15, -0.1) is 10.2 Å². The van der Waals surface area contributed by atoms with E-state index in [2.05, 4.69) is 20.7 Å². The molecule has 0 radical (unpaired) electrons. The number of hydrogen-bond acceptors (Lipinski definition) is 6. The highest BCUT2D eigenvalue weighted by Gasteiger charge is 2.34. The van der Waals surface area contributed by atoms with E-state index in [1.807, 2.05) is 0 Å². The maximum Gasteiger partial charge on any atom is 0.251 e. The minimum absolute atomic E-state index is 0.00310. The van der Waals surface area contributed by atoms with Crippen molar-refractivity contribution < 1.29 is 19.1 Å². The zero-order valence-electron chi connectivity index (χ0n) is 21.6. The highest BCUT2D eigenvalue weighted by molar-refractivity contribution is 6.30. The summed E-state index contributed by atoms with van der Waals surface area (Å²) in [6, 6.07) is 17.7. The van der Waals surface area contributed by atoms with Crippen LogP contribution in [-0.2, 0) is 16.1 Å². The topological polar surface area (TPSA) is 113 Å². The van der Waals surface area contributed by atoms with E-state index in [1.54, 1.807) is 48.5 Å². The first-order valence-corrected chi connectivity index (χ1v) is 13.5. The fraction of sp³-hybridized carbons (Fsp3) is 0.276. The Morgan fingerprint density at radius 2 is 1.73 bits per heavy atom. The first kappa shape index (κ1) is 27.3. The summed E-state index contributed by atoms with van der Waals surface area (Å²) >= 11 is 6.13. The summed E-state index contributed by atoms with van der Waals surface area (Å²) in [5.74, 6) is -1.29. The summed E-state index contributed by atoms with van der Waals surface area (Å²) in [6.45, 7) is -0.366. The van der Waals surface area contributed by atoms with Crippen LogP contribution in [0.5, 0.6) is 5.75 Å². The van der Waals surface area contributed by atoms with E-state index in [0.29, 0.717) is 16.3 Å². The van der Waals surface area contributed by atoms with Crippen molar-refractivity contribution >= 4 is 29.1 Å². The molecule has 1 aliphatic carbocycles. The average Bonchev–Trinajstić information content (AvgIpc) is 3.41. The van der Waals surface area contributed by atoms with Gasteiger partial charge in [0.2, 0.25) is 11.7 Å². The summed E-state index contributed by atoms with van der Waals surface area (Å²) < 4.78 is 14.3. The van der Waals surface area contributed by atoms with E-state index in [-0.39, 0.29) is 35.6 Å². The van der Waals surface area contributed by atoms with Gasteiger partial charge < -0.3 is 10.4 Å². The molecule has 9 nitrogen and oxygen atoms in total. The van der Waals surface area contributed by atoms with E-state index in [4.69, 9.17) is 11.6 Å². The number of carbonyl (C=O) groups is 2. The van der Waals surface area contributed by atoms with Gasteiger partial charge in [0, 0.05) is 16.8 Å². The Balaban J connectivity index is 1.50. The summed E-state index contributed by atoms with van der Waals surface area (Å²) in [6.07, 6.45) is 4.91. The van der Waals surface area contributed by atoms with Crippen molar-refractivity contribution in [3.8, 4) is 17.1 Å². The van der Waals surface area contributed by atoms with Crippen LogP contribution in [0.1, 0.15) is 43.7 Å². The molecule has 2 amide bonds. The largest absolute Gasteiger partial charge is 0.508 e. The molecule has 1 heterocycles. The van der Waals surface area contributed by atoms with Crippen LogP contribution >= 0.6 is 11.6 Å². The zero-order valence-corrected chi connectivity index (χ0v) is 22.3. The van der Waals surface area contributed by atoms with E-state index in [1.165, 1.54) is 29.2 Å². The van der Waals surface area contributed by atoms with Gasteiger partial charge in [-0.3, -0.25) is 14.5 Å². The van der Waals surface area contributed by atoms with E-state index < -0.39 is 17.8 Å². The Kier molecular flexibility index (Phi) is 8.35. The number of carbonyl (C=O) groups excluding carboxylic acids is 2. The number of phenolic OH excluding ortho intramolecular Hbond substituents is 1. The van der Waals surface area contributed by atoms with Crippen molar-refractivity contribution in [2.45, 2.75) is 50.7 Å². The fourth-order valence-corrected chi connectivity index (χ4v) is 5.02. The molecule has 4 aromatic rings. The molecule has 5 rings (SSSR count). The Bertz CT molecular complexity index is 1470. The molecule has 1 aromatic heterocycles. The molecule has 1 saturated carbocycles. The van der Waals surface area contributed by atoms with Crippen LogP contribution in [0, 0.1) is 5.82 Å². The number of hydrogen-bond donors (Lipinski definition) is 2. The summed E-state index contributed by atoms with van der Waals surface area (Å²) in [7, 11) is 0. The predicted octanol–water partition coefficient (Wildman–Crippen LogP) is 5.06.